The van der Waals surface area contributed by atoms with Crippen LogP contribution < -0.4 is 5.73 Å². The molecule has 0 saturated carbocycles. The monoisotopic (exact) mass is 429 g/mol. The van der Waals surface area contributed by atoms with Crippen molar-refractivity contribution in [2.45, 2.75) is 31.9 Å². The van der Waals surface area contributed by atoms with Crippen LogP contribution in [0.3, 0.4) is 0 Å². The van der Waals surface area contributed by atoms with Crippen molar-refractivity contribution in [2.24, 2.45) is 5.73 Å². The predicted octanol–water partition coefficient (Wildman–Crippen LogP) is 1.37. The summed E-state index contributed by atoms with van der Waals surface area (Å²) >= 11 is 0. The SMILES string of the molecule is CCCS(=O)(=O)C1=C(C(=O)OC)c2cccc(C(N)=O)c2C1S(=O)(=O)CCC. The summed E-state index contributed by atoms with van der Waals surface area (Å²) < 4.78 is 57.0. The van der Waals surface area contributed by atoms with Crippen molar-refractivity contribution in [3.8, 4) is 0 Å². The van der Waals surface area contributed by atoms with E-state index in [9.17, 15) is 26.4 Å². The second-order valence-electron chi connectivity index (χ2n) is 6.43. The van der Waals surface area contributed by atoms with E-state index in [4.69, 9.17) is 10.5 Å². The lowest BCUT2D eigenvalue weighted by atomic mass is 9.99. The zero-order chi connectivity index (χ0) is 21.3. The van der Waals surface area contributed by atoms with E-state index in [0.29, 0.717) is 0 Å². The largest absolute Gasteiger partial charge is 0.465 e. The molecular weight excluding hydrogens is 406 g/mol. The fourth-order valence-corrected chi connectivity index (χ4v) is 7.88. The van der Waals surface area contributed by atoms with E-state index in [0.717, 1.165) is 7.11 Å². The van der Waals surface area contributed by atoms with E-state index in [1.54, 1.807) is 13.8 Å². The summed E-state index contributed by atoms with van der Waals surface area (Å²) in [5.41, 5.74) is 4.91. The zero-order valence-corrected chi connectivity index (χ0v) is 17.5. The predicted molar refractivity (Wildman–Crippen MR) is 105 cm³/mol. The van der Waals surface area contributed by atoms with Gasteiger partial charge < -0.3 is 10.5 Å². The minimum absolute atomic E-state index is 0.0440. The molecule has 1 aliphatic carbocycles. The van der Waals surface area contributed by atoms with Gasteiger partial charge in [0.05, 0.1) is 29.1 Å². The van der Waals surface area contributed by atoms with Crippen LogP contribution in [0, 0.1) is 0 Å². The maximum Gasteiger partial charge on any atom is 0.339 e. The summed E-state index contributed by atoms with van der Waals surface area (Å²) in [6, 6.07) is 4.14. The highest BCUT2D eigenvalue weighted by Crippen LogP contribution is 2.49. The van der Waals surface area contributed by atoms with Gasteiger partial charge in [0, 0.05) is 5.56 Å². The Kier molecular flexibility index (Phi) is 6.34. The summed E-state index contributed by atoms with van der Waals surface area (Å²) in [7, 11) is -7.11. The number of hydrogen-bond acceptors (Lipinski definition) is 7. The number of ether oxygens (including phenoxy) is 1. The third-order valence-electron chi connectivity index (χ3n) is 4.43. The lowest BCUT2D eigenvalue weighted by Crippen LogP contribution is -2.25. The first-order chi connectivity index (χ1) is 13.0. The van der Waals surface area contributed by atoms with Gasteiger partial charge in [-0.15, -0.1) is 0 Å². The van der Waals surface area contributed by atoms with Crippen LogP contribution >= 0.6 is 0 Å². The Morgan fingerprint density at radius 1 is 1.07 bits per heavy atom. The van der Waals surface area contributed by atoms with Crippen LogP contribution in [0.2, 0.25) is 0 Å². The third kappa shape index (κ3) is 3.70. The van der Waals surface area contributed by atoms with Crippen molar-refractivity contribution in [2.75, 3.05) is 18.6 Å². The molecule has 0 radical (unpaired) electrons. The fraction of sp³-hybridized carbons (Fsp3) is 0.444. The molecule has 1 aliphatic rings. The van der Waals surface area contributed by atoms with Crippen molar-refractivity contribution >= 4 is 37.1 Å². The Bertz CT molecular complexity index is 1050. The van der Waals surface area contributed by atoms with E-state index in [-0.39, 0.29) is 46.6 Å². The minimum atomic E-state index is -4.13. The summed E-state index contributed by atoms with van der Waals surface area (Å²) in [5.74, 6) is -2.55. The maximum atomic E-state index is 13.1. The van der Waals surface area contributed by atoms with E-state index >= 15 is 0 Å². The van der Waals surface area contributed by atoms with Crippen molar-refractivity contribution < 1.29 is 31.2 Å². The van der Waals surface area contributed by atoms with Gasteiger partial charge in [0.2, 0.25) is 5.91 Å². The highest BCUT2D eigenvalue weighted by atomic mass is 32.2. The van der Waals surface area contributed by atoms with Crippen LogP contribution in [0.4, 0.5) is 0 Å². The molecule has 1 aromatic carbocycles. The summed E-state index contributed by atoms with van der Waals surface area (Å²) in [6.07, 6.45) is 0.460. The van der Waals surface area contributed by atoms with E-state index in [1.165, 1.54) is 18.2 Å². The minimum Gasteiger partial charge on any atom is -0.465 e. The molecule has 10 heteroatoms. The van der Waals surface area contributed by atoms with Crippen molar-refractivity contribution in [1.82, 2.24) is 0 Å². The van der Waals surface area contributed by atoms with Crippen LogP contribution in [0.15, 0.2) is 23.1 Å². The summed E-state index contributed by atoms with van der Waals surface area (Å²) in [5, 5.41) is -1.67. The molecule has 154 valence electrons. The molecule has 0 aromatic heterocycles. The standard InChI is InChI=1S/C18H23NO7S2/c1-4-9-27(22,23)15-13-11(7-6-8-12(13)17(19)20)14(18(21)26-3)16(15)28(24,25)10-5-2/h6-8,15H,4-5,9-10H2,1-3H3,(H2,19,20). The number of rotatable bonds is 8. The van der Waals surface area contributed by atoms with Gasteiger partial charge in [0.25, 0.3) is 0 Å². The number of esters is 1. The first-order valence-corrected chi connectivity index (χ1v) is 12.1. The number of fused-ring (bicyclic) bond motifs is 1. The topological polar surface area (TPSA) is 138 Å². The molecule has 0 fully saturated rings. The van der Waals surface area contributed by atoms with Crippen molar-refractivity contribution in [1.29, 1.82) is 0 Å². The number of amides is 1. The van der Waals surface area contributed by atoms with Crippen LogP contribution in [0.25, 0.3) is 5.57 Å². The number of carbonyl (C=O) groups excluding carboxylic acids is 2. The molecule has 0 bridgehead atoms. The van der Waals surface area contributed by atoms with E-state index in [1.807, 2.05) is 0 Å². The Labute approximate surface area is 164 Å². The smallest absolute Gasteiger partial charge is 0.339 e. The van der Waals surface area contributed by atoms with Crippen LogP contribution in [-0.2, 0) is 29.2 Å². The molecule has 2 N–H and O–H groups in total. The van der Waals surface area contributed by atoms with Crippen LogP contribution in [-0.4, -0.2) is 47.3 Å². The molecule has 0 heterocycles. The number of primary amides is 1. The molecular formula is C18H23NO7S2. The fourth-order valence-electron chi connectivity index (χ4n) is 3.43. The highest BCUT2D eigenvalue weighted by Gasteiger charge is 2.48. The average molecular weight is 430 g/mol. The molecule has 1 aromatic rings. The Morgan fingerprint density at radius 2 is 1.68 bits per heavy atom. The van der Waals surface area contributed by atoms with Crippen molar-refractivity contribution in [3.05, 3.63) is 39.8 Å². The molecule has 1 atom stereocenters. The van der Waals surface area contributed by atoms with Crippen LogP contribution in [0.5, 0.6) is 0 Å². The van der Waals surface area contributed by atoms with Gasteiger partial charge in [-0.1, -0.05) is 26.0 Å². The van der Waals surface area contributed by atoms with Gasteiger partial charge in [-0.05, 0) is 30.0 Å². The molecule has 8 nitrogen and oxygen atoms in total. The number of carbonyl (C=O) groups is 2. The van der Waals surface area contributed by atoms with E-state index in [2.05, 4.69) is 0 Å². The van der Waals surface area contributed by atoms with Gasteiger partial charge in [0.1, 0.15) is 5.25 Å². The molecule has 0 spiro atoms. The zero-order valence-electron chi connectivity index (χ0n) is 15.9. The summed E-state index contributed by atoms with van der Waals surface area (Å²) in [4.78, 5) is 23.9. The third-order valence-corrected chi connectivity index (χ3v) is 8.80. The summed E-state index contributed by atoms with van der Waals surface area (Å²) in [6.45, 7) is 3.26. The lowest BCUT2D eigenvalue weighted by Gasteiger charge is -2.19. The molecule has 1 amide bonds. The highest BCUT2D eigenvalue weighted by molar-refractivity contribution is 7.98. The van der Waals surface area contributed by atoms with E-state index < -0.39 is 41.7 Å². The normalized spacial score (nSPS) is 16.8. The first kappa shape index (κ1) is 22.1. The molecule has 28 heavy (non-hydrogen) atoms. The maximum absolute atomic E-state index is 13.1. The number of sulfone groups is 2. The van der Waals surface area contributed by atoms with Gasteiger partial charge in [-0.3, -0.25) is 4.79 Å². The molecule has 0 aliphatic heterocycles. The second kappa shape index (κ2) is 8.04. The van der Waals surface area contributed by atoms with Gasteiger partial charge in [-0.25, -0.2) is 21.6 Å². The molecule has 1 unspecified atom stereocenters. The quantitative estimate of drug-likeness (QED) is 0.616. The van der Waals surface area contributed by atoms with Gasteiger partial charge in [0.15, 0.2) is 19.7 Å². The lowest BCUT2D eigenvalue weighted by molar-refractivity contribution is -0.133. The Morgan fingerprint density at radius 3 is 2.18 bits per heavy atom. The van der Waals surface area contributed by atoms with Crippen LogP contribution in [0.1, 0.15) is 53.4 Å². The number of methoxy groups -OCH3 is 1. The Balaban J connectivity index is 3.03. The number of nitrogens with two attached hydrogens (primary N) is 1. The number of benzene rings is 1. The Hall–Kier alpha value is -2.20. The molecule has 0 saturated heterocycles. The van der Waals surface area contributed by atoms with Gasteiger partial charge >= 0.3 is 5.97 Å². The second-order valence-corrected chi connectivity index (χ2v) is 10.7. The average Bonchev–Trinajstić information content (AvgIpc) is 2.97. The van der Waals surface area contributed by atoms with Gasteiger partial charge in [-0.2, -0.15) is 0 Å². The first-order valence-electron chi connectivity index (χ1n) is 8.73. The number of hydrogen-bond donors (Lipinski definition) is 1. The van der Waals surface area contributed by atoms with Crippen molar-refractivity contribution in [3.63, 3.8) is 0 Å². The molecule has 2 rings (SSSR count).